The molecular formula is C30H37F2N3O3. The minimum atomic E-state index is -0.663. The number of ether oxygens (including phenoxy) is 2. The lowest BCUT2D eigenvalue weighted by atomic mass is 9.95. The average molecular weight is 526 g/mol. The smallest absolute Gasteiger partial charge is 0.224 e. The zero-order chi connectivity index (χ0) is 27.2. The molecular weight excluding hydrogens is 488 g/mol. The maximum Gasteiger partial charge on any atom is 0.224 e. The highest BCUT2D eigenvalue weighted by molar-refractivity contribution is 5.91. The Kier molecular flexibility index (Phi) is 9.15. The number of carbonyl (C=O) groups is 1. The maximum absolute atomic E-state index is 14.1. The van der Waals surface area contributed by atoms with E-state index in [4.69, 9.17) is 14.5 Å². The molecule has 1 amide bonds. The highest BCUT2D eigenvalue weighted by Crippen LogP contribution is 2.34. The van der Waals surface area contributed by atoms with E-state index in [1.54, 1.807) is 12.1 Å². The molecule has 38 heavy (non-hydrogen) atoms. The molecule has 0 unspecified atom stereocenters. The second-order valence-corrected chi connectivity index (χ2v) is 10.2. The van der Waals surface area contributed by atoms with E-state index >= 15 is 0 Å². The summed E-state index contributed by atoms with van der Waals surface area (Å²) >= 11 is 0. The van der Waals surface area contributed by atoms with E-state index in [1.165, 1.54) is 13.2 Å². The van der Waals surface area contributed by atoms with Crippen LogP contribution in [-0.2, 0) is 11.2 Å². The van der Waals surface area contributed by atoms with Crippen LogP contribution in [0.3, 0.4) is 0 Å². The normalized spacial score (nSPS) is 14.7. The number of pyridine rings is 1. The van der Waals surface area contributed by atoms with Gasteiger partial charge in [-0.05, 0) is 87.6 Å². The summed E-state index contributed by atoms with van der Waals surface area (Å²) in [6.07, 6.45) is 1.56. The molecule has 2 heterocycles. The van der Waals surface area contributed by atoms with Crippen molar-refractivity contribution in [3.63, 3.8) is 0 Å². The molecule has 1 fully saturated rings. The first-order chi connectivity index (χ1) is 18.2. The van der Waals surface area contributed by atoms with Gasteiger partial charge < -0.3 is 19.7 Å². The molecule has 0 spiro atoms. The van der Waals surface area contributed by atoms with E-state index in [2.05, 4.69) is 10.2 Å². The van der Waals surface area contributed by atoms with Crippen molar-refractivity contribution in [1.29, 1.82) is 0 Å². The molecule has 1 aliphatic rings. The van der Waals surface area contributed by atoms with Gasteiger partial charge >= 0.3 is 0 Å². The summed E-state index contributed by atoms with van der Waals surface area (Å²) < 4.78 is 38.7. The van der Waals surface area contributed by atoms with Gasteiger partial charge in [-0.1, -0.05) is 0 Å². The van der Waals surface area contributed by atoms with Gasteiger partial charge in [0.25, 0.3) is 0 Å². The van der Waals surface area contributed by atoms with Gasteiger partial charge in [0.05, 0.1) is 31.3 Å². The van der Waals surface area contributed by atoms with Crippen LogP contribution in [0.2, 0.25) is 0 Å². The lowest BCUT2D eigenvalue weighted by molar-refractivity contribution is -0.120. The van der Waals surface area contributed by atoms with Crippen LogP contribution in [0.4, 0.5) is 8.78 Å². The topological polar surface area (TPSA) is 63.7 Å². The third-order valence-electron chi connectivity index (χ3n) is 6.96. The number of nitrogens with one attached hydrogen (secondary N) is 1. The number of hydrogen-bond acceptors (Lipinski definition) is 5. The molecule has 0 aliphatic carbocycles. The number of hydrogen-bond donors (Lipinski definition) is 1. The molecule has 3 aromatic rings. The molecule has 0 bridgehead atoms. The van der Waals surface area contributed by atoms with E-state index in [-0.39, 0.29) is 24.1 Å². The number of rotatable bonds is 10. The Hall–Kier alpha value is -3.26. The monoisotopic (exact) mass is 525 g/mol. The van der Waals surface area contributed by atoms with Crippen LogP contribution in [0.1, 0.15) is 44.2 Å². The minimum absolute atomic E-state index is 0.00827. The number of carbonyl (C=O) groups excluding carboxylic acids is 1. The highest BCUT2D eigenvalue weighted by Gasteiger charge is 2.20. The number of aryl methyl sites for hydroxylation is 1. The molecule has 6 nitrogen and oxygen atoms in total. The molecule has 0 atom stereocenters. The van der Waals surface area contributed by atoms with Crippen LogP contribution in [-0.4, -0.2) is 61.4 Å². The quantitative estimate of drug-likeness (QED) is 0.348. The Morgan fingerprint density at radius 1 is 1.18 bits per heavy atom. The second-order valence-electron chi connectivity index (χ2n) is 10.2. The molecule has 0 radical (unpaired) electrons. The molecule has 1 aliphatic heterocycles. The predicted molar refractivity (Wildman–Crippen MR) is 146 cm³/mol. The summed E-state index contributed by atoms with van der Waals surface area (Å²) in [6, 6.07) is 10.4. The van der Waals surface area contributed by atoms with E-state index in [1.807, 2.05) is 39.0 Å². The van der Waals surface area contributed by atoms with Gasteiger partial charge in [0.1, 0.15) is 11.9 Å². The number of benzene rings is 2. The van der Waals surface area contributed by atoms with Gasteiger partial charge in [-0.25, -0.2) is 13.8 Å². The van der Waals surface area contributed by atoms with E-state index in [9.17, 15) is 13.6 Å². The molecule has 1 saturated heterocycles. The Morgan fingerprint density at radius 2 is 1.95 bits per heavy atom. The number of halogens is 2. The van der Waals surface area contributed by atoms with Gasteiger partial charge in [0.15, 0.2) is 11.6 Å². The molecule has 0 saturated carbocycles. The average Bonchev–Trinajstić information content (AvgIpc) is 2.89. The van der Waals surface area contributed by atoms with Crippen molar-refractivity contribution in [1.82, 2.24) is 15.2 Å². The van der Waals surface area contributed by atoms with Crippen molar-refractivity contribution < 1.29 is 23.0 Å². The molecule has 2 aromatic carbocycles. The molecule has 204 valence electrons. The Balaban J connectivity index is 1.59. The van der Waals surface area contributed by atoms with Crippen LogP contribution >= 0.6 is 0 Å². The fraction of sp³-hybridized carbons (Fsp3) is 0.467. The summed E-state index contributed by atoms with van der Waals surface area (Å²) in [7, 11) is 1.42. The lowest BCUT2D eigenvalue weighted by Gasteiger charge is -2.28. The first kappa shape index (κ1) is 27.8. The number of alkyl halides is 1. The first-order valence-corrected chi connectivity index (χ1v) is 13.3. The number of likely N-dealkylation sites (tertiary alicyclic amines) is 1. The van der Waals surface area contributed by atoms with Crippen LogP contribution in [0.5, 0.6) is 11.5 Å². The third-order valence-corrected chi connectivity index (χ3v) is 6.96. The van der Waals surface area contributed by atoms with E-state index < -0.39 is 12.0 Å². The number of nitrogens with zero attached hydrogens (tertiary/aromatic N) is 2. The zero-order valence-corrected chi connectivity index (χ0v) is 22.7. The molecule has 1 aromatic heterocycles. The number of piperidine rings is 1. The number of fused-ring (bicyclic) bond motifs is 1. The molecule has 8 heteroatoms. The van der Waals surface area contributed by atoms with E-state index in [0.717, 1.165) is 53.8 Å². The Labute approximate surface area is 223 Å². The Bertz CT molecular complexity index is 1270. The van der Waals surface area contributed by atoms with Gasteiger partial charge in [-0.3, -0.25) is 4.79 Å². The predicted octanol–water partition coefficient (Wildman–Crippen LogP) is 5.63. The van der Waals surface area contributed by atoms with Crippen molar-refractivity contribution in [3.8, 4) is 22.8 Å². The van der Waals surface area contributed by atoms with Crippen LogP contribution in [0, 0.1) is 12.7 Å². The van der Waals surface area contributed by atoms with E-state index in [0.29, 0.717) is 30.7 Å². The van der Waals surface area contributed by atoms with Crippen LogP contribution in [0.15, 0.2) is 36.4 Å². The summed E-state index contributed by atoms with van der Waals surface area (Å²) in [5, 5.41) is 3.85. The minimum Gasteiger partial charge on any atom is -0.494 e. The standard InChI is InChI=1S/C30H37F2N3O3/c1-19(2)33-29(36)18-25-20(3)24-17-23(38-15-5-12-35-13-10-22(31)11-14-35)7-9-27(24)34-30(25)21-6-8-26(32)28(16-21)37-4/h6-9,16-17,19,22H,5,10-15,18H2,1-4H3,(H,33,36). The summed E-state index contributed by atoms with van der Waals surface area (Å²) in [6.45, 7) is 8.87. The number of aromatic nitrogens is 1. The zero-order valence-electron chi connectivity index (χ0n) is 22.7. The fourth-order valence-electron chi connectivity index (χ4n) is 4.93. The first-order valence-electron chi connectivity index (χ1n) is 13.3. The van der Waals surface area contributed by atoms with Crippen molar-refractivity contribution in [3.05, 3.63) is 53.3 Å². The van der Waals surface area contributed by atoms with Gasteiger partial charge in [0.2, 0.25) is 5.91 Å². The summed E-state index contributed by atoms with van der Waals surface area (Å²) in [5.74, 6) is 0.293. The van der Waals surface area contributed by atoms with Gasteiger partial charge in [-0.15, -0.1) is 0 Å². The third kappa shape index (κ3) is 6.78. The highest BCUT2D eigenvalue weighted by atomic mass is 19.1. The Morgan fingerprint density at radius 3 is 2.66 bits per heavy atom. The molecule has 1 N–H and O–H groups in total. The number of methoxy groups -OCH3 is 1. The maximum atomic E-state index is 14.1. The summed E-state index contributed by atoms with van der Waals surface area (Å²) in [4.78, 5) is 20.0. The van der Waals surface area contributed by atoms with Crippen molar-refractivity contribution in [2.24, 2.45) is 0 Å². The van der Waals surface area contributed by atoms with Crippen molar-refractivity contribution >= 4 is 16.8 Å². The lowest BCUT2D eigenvalue weighted by Crippen LogP contribution is -2.35. The fourth-order valence-corrected chi connectivity index (χ4v) is 4.93. The summed E-state index contributed by atoms with van der Waals surface area (Å²) in [5.41, 5.74) is 3.76. The van der Waals surface area contributed by atoms with Crippen molar-refractivity contribution in [2.75, 3.05) is 33.4 Å². The van der Waals surface area contributed by atoms with Gasteiger partial charge in [-0.2, -0.15) is 0 Å². The van der Waals surface area contributed by atoms with Crippen LogP contribution < -0.4 is 14.8 Å². The largest absolute Gasteiger partial charge is 0.494 e. The SMILES string of the molecule is COc1cc(-c2nc3ccc(OCCCN4CCC(F)CC4)cc3c(C)c2CC(=O)NC(C)C)ccc1F. The number of amides is 1. The second kappa shape index (κ2) is 12.5. The molecule has 4 rings (SSSR count). The van der Waals surface area contributed by atoms with Crippen LogP contribution in [0.25, 0.3) is 22.2 Å². The van der Waals surface area contributed by atoms with Crippen molar-refractivity contribution in [2.45, 2.75) is 58.7 Å². The van der Waals surface area contributed by atoms with Gasteiger partial charge in [0, 0.05) is 36.6 Å².